The summed E-state index contributed by atoms with van der Waals surface area (Å²) in [6.07, 6.45) is 10.8. The number of nitrogens with zero attached hydrogens (tertiary/aromatic N) is 4. The van der Waals surface area contributed by atoms with Crippen molar-refractivity contribution in [3.63, 3.8) is 0 Å². The van der Waals surface area contributed by atoms with Crippen LogP contribution in [0.3, 0.4) is 0 Å². The third-order valence-corrected chi connectivity index (χ3v) is 8.68. The number of carbonyl (C=O) groups excluding carboxylic acids is 2. The normalized spacial score (nSPS) is 16.1. The molecule has 0 saturated heterocycles. The first-order valence-corrected chi connectivity index (χ1v) is 16.3. The molecule has 12 heteroatoms. The van der Waals surface area contributed by atoms with E-state index in [1.165, 1.54) is 11.3 Å². The number of benzene rings is 2. The summed E-state index contributed by atoms with van der Waals surface area (Å²) in [5.41, 5.74) is 2.78. The smallest absolute Gasteiger partial charge is 0.259 e. The number of rotatable bonds is 15. The minimum absolute atomic E-state index is 0.0301. The van der Waals surface area contributed by atoms with E-state index in [2.05, 4.69) is 50.1 Å². The third kappa shape index (κ3) is 9.38. The van der Waals surface area contributed by atoms with E-state index in [1.807, 2.05) is 60.7 Å². The summed E-state index contributed by atoms with van der Waals surface area (Å²) in [5.74, 6) is -0.0446. The average Bonchev–Trinajstić information content (AvgIpc) is 3.53. The molecule has 4 aromatic rings. The third-order valence-electron chi connectivity index (χ3n) is 7.78. The maximum Gasteiger partial charge on any atom is 0.259 e. The van der Waals surface area contributed by atoms with Crippen molar-refractivity contribution in [2.75, 3.05) is 23.8 Å². The van der Waals surface area contributed by atoms with Crippen LogP contribution in [-0.2, 0) is 34.3 Å². The van der Waals surface area contributed by atoms with Crippen LogP contribution in [0.2, 0.25) is 0 Å². The van der Waals surface area contributed by atoms with E-state index >= 15 is 0 Å². The van der Waals surface area contributed by atoms with E-state index in [9.17, 15) is 19.8 Å². The average molecular weight is 655 g/mol. The molecule has 2 atom stereocenters. The van der Waals surface area contributed by atoms with Crippen LogP contribution >= 0.6 is 11.3 Å². The molecular weight excluding hydrogens is 616 g/mol. The number of anilines is 2. The van der Waals surface area contributed by atoms with E-state index in [-0.39, 0.29) is 31.0 Å². The summed E-state index contributed by atoms with van der Waals surface area (Å²) < 4.78 is 5.73. The molecule has 2 heterocycles. The van der Waals surface area contributed by atoms with Crippen LogP contribution < -0.4 is 15.4 Å². The lowest BCUT2D eigenvalue weighted by molar-refractivity contribution is -0.124. The van der Waals surface area contributed by atoms with Gasteiger partial charge in [0.2, 0.25) is 11.0 Å². The molecule has 0 radical (unpaired) electrons. The predicted molar refractivity (Wildman–Crippen MR) is 180 cm³/mol. The van der Waals surface area contributed by atoms with E-state index in [4.69, 9.17) is 4.74 Å². The highest BCUT2D eigenvalue weighted by atomic mass is 32.1. The van der Waals surface area contributed by atoms with Crippen molar-refractivity contribution in [3.05, 3.63) is 112 Å². The van der Waals surface area contributed by atoms with Crippen LogP contribution in [0.25, 0.3) is 0 Å². The number of aliphatic hydroxyl groups is 2. The van der Waals surface area contributed by atoms with Gasteiger partial charge in [-0.15, -0.1) is 15.3 Å². The Morgan fingerprint density at radius 2 is 1.81 bits per heavy atom. The highest BCUT2D eigenvalue weighted by Gasteiger charge is 2.28. The maximum atomic E-state index is 13.0. The zero-order chi connectivity index (χ0) is 33.1. The van der Waals surface area contributed by atoms with Gasteiger partial charge in [0.25, 0.3) is 5.91 Å². The zero-order valence-electron chi connectivity index (χ0n) is 26.1. The first-order chi connectivity index (χ1) is 22.8. The van der Waals surface area contributed by atoms with E-state index < -0.39 is 12.0 Å². The number of amides is 2. The van der Waals surface area contributed by atoms with Crippen molar-refractivity contribution in [3.8, 4) is 5.75 Å². The molecule has 1 aliphatic rings. The van der Waals surface area contributed by atoms with Gasteiger partial charge in [0, 0.05) is 17.4 Å². The quantitative estimate of drug-likeness (QED) is 0.131. The van der Waals surface area contributed by atoms with Gasteiger partial charge in [-0.05, 0) is 55.0 Å². The number of nitrogens with one attached hydrogen (secondary N) is 2. The van der Waals surface area contributed by atoms with Gasteiger partial charge in [0.15, 0.2) is 11.9 Å². The SMILES string of the molecule is CC1(c2ccc(C(O)C(=O)Nc3nnc(CCCCc4ccc(NC(=O)Cc5ccccc5)nn4)s3)c(OCCO)c2)C=CC=CC1. The lowest BCUT2D eigenvalue weighted by Gasteiger charge is -2.28. The number of aryl methyl sites for hydroxylation is 2. The van der Waals surface area contributed by atoms with Crippen molar-refractivity contribution in [2.45, 2.75) is 57.0 Å². The number of aromatic nitrogens is 4. The second-order valence-corrected chi connectivity index (χ2v) is 12.5. The minimum atomic E-state index is -1.51. The Morgan fingerprint density at radius 3 is 2.55 bits per heavy atom. The maximum absolute atomic E-state index is 13.0. The molecule has 0 aliphatic heterocycles. The van der Waals surface area contributed by atoms with Crippen LogP contribution in [0.15, 0.2) is 85.0 Å². The van der Waals surface area contributed by atoms with Crippen molar-refractivity contribution in [1.29, 1.82) is 0 Å². The molecule has 2 aromatic heterocycles. The Labute approximate surface area is 277 Å². The van der Waals surface area contributed by atoms with Crippen molar-refractivity contribution < 1.29 is 24.5 Å². The summed E-state index contributed by atoms with van der Waals surface area (Å²) in [6, 6.07) is 18.5. The number of aliphatic hydroxyl groups excluding tert-OH is 2. The number of allylic oxidation sites excluding steroid dienone is 4. The van der Waals surface area contributed by atoms with Crippen molar-refractivity contribution in [1.82, 2.24) is 20.4 Å². The standard InChI is InChI=1S/C35H38N6O5S/c1-35(18-8-3-9-19-35)25-14-16-27(28(23-25)46-21-20-42)32(44)33(45)37-34-41-40-31(47-34)13-7-6-12-26-15-17-29(39-38-26)36-30(43)22-24-10-4-2-5-11-24/h2-5,8-11,14-18,23,32,42,44H,6-7,12-13,19-22H2,1H3,(H,36,39,43)(H,37,41,45). The zero-order valence-corrected chi connectivity index (χ0v) is 26.9. The van der Waals surface area contributed by atoms with Gasteiger partial charge >= 0.3 is 0 Å². The predicted octanol–water partition coefficient (Wildman–Crippen LogP) is 4.89. The Morgan fingerprint density at radius 1 is 0.979 bits per heavy atom. The van der Waals surface area contributed by atoms with Gasteiger partial charge in [-0.3, -0.25) is 14.9 Å². The number of hydrogen-bond donors (Lipinski definition) is 4. The molecule has 1 aliphatic carbocycles. The van der Waals surface area contributed by atoms with Crippen molar-refractivity contribution in [2.24, 2.45) is 0 Å². The molecule has 244 valence electrons. The Kier molecular flexibility index (Phi) is 11.6. The highest BCUT2D eigenvalue weighted by Crippen LogP contribution is 2.37. The van der Waals surface area contributed by atoms with E-state index in [1.54, 1.807) is 12.1 Å². The molecule has 2 unspecified atom stereocenters. The first kappa shape index (κ1) is 33.6. The molecule has 0 bridgehead atoms. The van der Waals surface area contributed by atoms with Crippen LogP contribution in [-0.4, -0.2) is 55.6 Å². The van der Waals surface area contributed by atoms with Crippen molar-refractivity contribution >= 4 is 34.1 Å². The number of ether oxygens (including phenoxy) is 1. The molecular formula is C35H38N6O5S. The summed E-state index contributed by atoms with van der Waals surface area (Å²) in [6.45, 7) is 1.94. The van der Waals surface area contributed by atoms with E-state index in [0.717, 1.165) is 41.1 Å². The summed E-state index contributed by atoms with van der Waals surface area (Å²) in [5, 5.41) is 43.4. The largest absolute Gasteiger partial charge is 0.491 e. The molecule has 0 saturated carbocycles. The van der Waals surface area contributed by atoms with Crippen LogP contribution in [0.1, 0.15) is 59.7 Å². The molecule has 0 spiro atoms. The molecule has 2 amide bonds. The molecule has 2 aromatic carbocycles. The summed E-state index contributed by atoms with van der Waals surface area (Å²) in [7, 11) is 0. The number of unbranched alkanes of at least 4 members (excludes halogenated alkanes) is 1. The monoisotopic (exact) mass is 654 g/mol. The lowest BCUT2D eigenvalue weighted by atomic mass is 9.77. The molecule has 11 nitrogen and oxygen atoms in total. The molecule has 4 N–H and O–H groups in total. The fourth-order valence-corrected chi connectivity index (χ4v) is 5.95. The summed E-state index contributed by atoms with van der Waals surface area (Å²) >= 11 is 1.26. The van der Waals surface area contributed by atoms with Gasteiger partial charge in [-0.25, -0.2) is 0 Å². The van der Waals surface area contributed by atoms with E-state index in [0.29, 0.717) is 35.1 Å². The van der Waals surface area contributed by atoms with Gasteiger partial charge in [0.1, 0.15) is 17.4 Å². The fraction of sp³-hybridized carbons (Fsp3) is 0.314. The van der Waals surface area contributed by atoms with Crippen LogP contribution in [0.5, 0.6) is 5.75 Å². The van der Waals surface area contributed by atoms with Gasteiger partial charge in [-0.2, -0.15) is 5.10 Å². The molecule has 0 fully saturated rings. The Balaban J connectivity index is 1.08. The molecule has 5 rings (SSSR count). The van der Waals surface area contributed by atoms with Gasteiger partial charge < -0.3 is 20.3 Å². The van der Waals surface area contributed by atoms with Gasteiger partial charge in [0.05, 0.1) is 18.7 Å². The van der Waals surface area contributed by atoms with Crippen LogP contribution in [0, 0.1) is 0 Å². The van der Waals surface area contributed by atoms with Gasteiger partial charge in [-0.1, -0.05) is 85.0 Å². The topological polar surface area (TPSA) is 159 Å². The second kappa shape index (κ2) is 16.2. The number of hydrogen-bond acceptors (Lipinski definition) is 10. The van der Waals surface area contributed by atoms with Crippen LogP contribution in [0.4, 0.5) is 10.9 Å². The lowest BCUT2D eigenvalue weighted by Crippen LogP contribution is -2.23. The first-order valence-electron chi connectivity index (χ1n) is 15.5. The highest BCUT2D eigenvalue weighted by molar-refractivity contribution is 7.15. The summed E-state index contributed by atoms with van der Waals surface area (Å²) in [4.78, 5) is 25.2. The fourth-order valence-electron chi connectivity index (χ4n) is 5.17. The number of carbonyl (C=O) groups is 2. The molecule has 47 heavy (non-hydrogen) atoms. The minimum Gasteiger partial charge on any atom is -0.491 e. The second-order valence-electron chi connectivity index (χ2n) is 11.5. The Hall–Kier alpha value is -4.78. The Bertz CT molecular complexity index is 1710.